The number of hydrogen-bond donors (Lipinski definition) is 4. The van der Waals surface area contributed by atoms with Crippen molar-refractivity contribution < 1.29 is 24.2 Å². The largest absolute Gasteiger partial charge is 0.445 e. The molecule has 0 radical (unpaired) electrons. The average Bonchev–Trinajstić information content (AvgIpc) is 2.58. The molecule has 0 bridgehead atoms. The van der Waals surface area contributed by atoms with E-state index < -0.39 is 30.1 Å². The van der Waals surface area contributed by atoms with Gasteiger partial charge in [0.2, 0.25) is 11.8 Å². The fourth-order valence-corrected chi connectivity index (χ4v) is 2.09. The molecule has 0 aliphatic rings. The highest BCUT2D eigenvalue weighted by Gasteiger charge is 2.20. The number of rotatable bonds is 10. The fourth-order valence-electron chi connectivity index (χ4n) is 2.09. The first-order valence-electron chi connectivity index (χ1n) is 8.13. The zero-order chi connectivity index (χ0) is 19.5. The molecule has 142 valence electrons. The van der Waals surface area contributed by atoms with E-state index in [-0.39, 0.29) is 26.0 Å². The van der Waals surface area contributed by atoms with E-state index in [2.05, 4.69) is 17.2 Å². The van der Waals surface area contributed by atoms with E-state index in [4.69, 9.17) is 10.5 Å². The predicted octanol–water partition coefficient (Wildman–Crippen LogP) is 0.600. The maximum Gasteiger partial charge on any atom is 0.407 e. The maximum absolute atomic E-state index is 11.9. The number of nitrogens with one attached hydrogen (secondary N) is 2. The Morgan fingerprint density at radius 3 is 2.46 bits per heavy atom. The molecule has 1 aromatic rings. The second kappa shape index (κ2) is 10.9. The van der Waals surface area contributed by atoms with Crippen molar-refractivity contribution in [2.45, 2.75) is 38.5 Å². The first kappa shape index (κ1) is 21.2. The third-order valence-corrected chi connectivity index (χ3v) is 3.35. The summed E-state index contributed by atoms with van der Waals surface area (Å²) in [6, 6.07) is 8.25. The molecule has 0 saturated carbocycles. The summed E-state index contributed by atoms with van der Waals surface area (Å²) >= 11 is 0. The molecule has 0 unspecified atom stereocenters. The highest BCUT2D eigenvalue weighted by molar-refractivity contribution is 5.87. The number of carbonyl (C=O) groups excluding carboxylic acids is 3. The Bertz CT molecular complexity index is 633. The van der Waals surface area contributed by atoms with Crippen LogP contribution < -0.4 is 16.4 Å². The van der Waals surface area contributed by atoms with Crippen molar-refractivity contribution in [1.82, 2.24) is 10.6 Å². The number of amides is 3. The summed E-state index contributed by atoms with van der Waals surface area (Å²) in [5.74, 6) is -1.24. The van der Waals surface area contributed by atoms with Gasteiger partial charge in [0.25, 0.3) is 0 Å². The van der Waals surface area contributed by atoms with E-state index in [9.17, 15) is 19.5 Å². The van der Waals surface area contributed by atoms with E-state index in [1.807, 2.05) is 30.3 Å². The minimum absolute atomic E-state index is 0.102. The van der Waals surface area contributed by atoms with Gasteiger partial charge in [-0.3, -0.25) is 9.59 Å². The van der Waals surface area contributed by atoms with Crippen molar-refractivity contribution in [3.63, 3.8) is 0 Å². The summed E-state index contributed by atoms with van der Waals surface area (Å²) < 4.78 is 4.99. The Balaban J connectivity index is 2.30. The third-order valence-electron chi connectivity index (χ3n) is 3.35. The highest BCUT2D eigenvalue weighted by Crippen LogP contribution is 2.03. The lowest BCUT2D eigenvalue weighted by Gasteiger charge is -2.17. The van der Waals surface area contributed by atoms with Crippen molar-refractivity contribution >= 4 is 17.9 Å². The number of benzene rings is 1. The Hall–Kier alpha value is -2.87. The number of aliphatic hydroxyl groups excluding tert-OH is 1. The van der Waals surface area contributed by atoms with Crippen molar-refractivity contribution in [3.05, 3.63) is 48.0 Å². The quantitative estimate of drug-likeness (QED) is 0.452. The van der Waals surface area contributed by atoms with Gasteiger partial charge in [0, 0.05) is 6.54 Å². The zero-order valence-electron chi connectivity index (χ0n) is 14.7. The topological polar surface area (TPSA) is 131 Å². The highest BCUT2D eigenvalue weighted by atomic mass is 16.5. The first-order valence-corrected chi connectivity index (χ1v) is 8.13. The molecule has 2 atom stereocenters. The number of primary amides is 1. The number of aliphatic hydroxyl groups is 1. The Morgan fingerprint density at radius 1 is 1.23 bits per heavy atom. The van der Waals surface area contributed by atoms with Crippen molar-refractivity contribution in [1.29, 1.82) is 0 Å². The van der Waals surface area contributed by atoms with Crippen LogP contribution in [-0.4, -0.2) is 41.7 Å². The molecule has 1 rings (SSSR count). The van der Waals surface area contributed by atoms with Crippen LogP contribution in [0.2, 0.25) is 0 Å². The van der Waals surface area contributed by atoms with E-state index in [1.54, 1.807) is 6.92 Å². The van der Waals surface area contributed by atoms with E-state index in [0.29, 0.717) is 5.57 Å². The second-order valence-corrected chi connectivity index (χ2v) is 5.98. The number of hydrogen-bond acceptors (Lipinski definition) is 5. The van der Waals surface area contributed by atoms with E-state index in [1.165, 1.54) is 0 Å². The molecule has 0 aliphatic heterocycles. The Labute approximate surface area is 152 Å². The lowest BCUT2D eigenvalue weighted by molar-refractivity contribution is -0.128. The summed E-state index contributed by atoms with van der Waals surface area (Å²) in [6.45, 7) is 5.31. The predicted molar refractivity (Wildman–Crippen MR) is 95.8 cm³/mol. The van der Waals surface area contributed by atoms with E-state index in [0.717, 1.165) is 5.56 Å². The van der Waals surface area contributed by atoms with Gasteiger partial charge in [0.05, 0.1) is 12.5 Å². The summed E-state index contributed by atoms with van der Waals surface area (Å²) in [5.41, 5.74) is 6.74. The molecule has 3 amide bonds. The van der Waals surface area contributed by atoms with Crippen LogP contribution in [0.15, 0.2) is 42.5 Å². The van der Waals surface area contributed by atoms with Crippen LogP contribution in [0.4, 0.5) is 4.79 Å². The number of nitrogens with two attached hydrogens (primary N) is 1. The molecule has 8 heteroatoms. The monoisotopic (exact) mass is 363 g/mol. The van der Waals surface area contributed by atoms with Crippen LogP contribution in [0.3, 0.4) is 0 Å². The van der Waals surface area contributed by atoms with Crippen LogP contribution in [-0.2, 0) is 20.9 Å². The molecule has 26 heavy (non-hydrogen) atoms. The molecular formula is C18H25N3O5. The van der Waals surface area contributed by atoms with E-state index >= 15 is 0 Å². The summed E-state index contributed by atoms with van der Waals surface area (Å²) in [5, 5.41) is 14.6. The molecule has 0 fully saturated rings. The van der Waals surface area contributed by atoms with Gasteiger partial charge in [-0.25, -0.2) is 4.79 Å². The molecule has 5 N–H and O–H groups in total. The lowest BCUT2D eigenvalue weighted by atomic mass is 10.1. The summed E-state index contributed by atoms with van der Waals surface area (Å²) in [4.78, 5) is 34.7. The molecule has 0 heterocycles. The summed E-state index contributed by atoms with van der Waals surface area (Å²) in [7, 11) is 0. The van der Waals surface area contributed by atoms with Crippen LogP contribution >= 0.6 is 0 Å². The normalized spacial score (nSPS) is 12.5. The molecule has 8 nitrogen and oxygen atoms in total. The third kappa shape index (κ3) is 8.84. The SMILES string of the molecule is C=C(C)C[C@H](NC(=O)C[C@H](O)CNC(=O)OCc1ccccc1)C(N)=O. The standard InChI is InChI=1S/C18H25N3O5/c1-12(2)8-15(17(19)24)21-16(23)9-14(22)10-20-18(25)26-11-13-6-4-3-5-7-13/h3-7,14-15,22H,1,8-11H2,2H3,(H2,19,24)(H,20,25)(H,21,23)/t14-,15-/m0/s1. The van der Waals surface area contributed by atoms with Gasteiger partial charge in [0.1, 0.15) is 12.6 Å². The van der Waals surface area contributed by atoms with Gasteiger partial charge >= 0.3 is 6.09 Å². The molecule has 0 aliphatic carbocycles. The van der Waals surface area contributed by atoms with Crippen LogP contribution in [0.5, 0.6) is 0 Å². The number of ether oxygens (including phenoxy) is 1. The second-order valence-electron chi connectivity index (χ2n) is 5.98. The van der Waals surface area contributed by atoms with Gasteiger partial charge < -0.3 is 26.2 Å². The maximum atomic E-state index is 11.9. The Morgan fingerprint density at radius 2 is 1.88 bits per heavy atom. The van der Waals surface area contributed by atoms with Gasteiger partial charge in [-0.05, 0) is 18.9 Å². The van der Waals surface area contributed by atoms with Crippen LogP contribution in [0.25, 0.3) is 0 Å². The van der Waals surface area contributed by atoms with Crippen LogP contribution in [0, 0.1) is 0 Å². The molecule has 0 spiro atoms. The summed E-state index contributed by atoms with van der Waals surface area (Å²) in [6.07, 6.45) is -1.90. The van der Waals surface area contributed by atoms with Crippen molar-refractivity contribution in [2.75, 3.05) is 6.54 Å². The van der Waals surface area contributed by atoms with Gasteiger partial charge in [-0.2, -0.15) is 0 Å². The van der Waals surface area contributed by atoms with Gasteiger partial charge in [0.15, 0.2) is 0 Å². The van der Waals surface area contributed by atoms with Gasteiger partial charge in [-0.15, -0.1) is 6.58 Å². The lowest BCUT2D eigenvalue weighted by Crippen LogP contribution is -2.46. The minimum atomic E-state index is -1.13. The molecular weight excluding hydrogens is 338 g/mol. The Kier molecular flexibility index (Phi) is 8.86. The molecule has 0 aromatic heterocycles. The van der Waals surface area contributed by atoms with Crippen molar-refractivity contribution in [3.8, 4) is 0 Å². The van der Waals surface area contributed by atoms with Crippen LogP contribution in [0.1, 0.15) is 25.3 Å². The number of carbonyl (C=O) groups is 3. The fraction of sp³-hybridized carbons (Fsp3) is 0.389. The average molecular weight is 363 g/mol. The molecule has 0 saturated heterocycles. The van der Waals surface area contributed by atoms with Gasteiger partial charge in [-0.1, -0.05) is 35.9 Å². The zero-order valence-corrected chi connectivity index (χ0v) is 14.7. The minimum Gasteiger partial charge on any atom is -0.445 e. The smallest absolute Gasteiger partial charge is 0.407 e. The number of alkyl carbamates (subject to hydrolysis) is 1. The first-order chi connectivity index (χ1) is 12.3. The van der Waals surface area contributed by atoms with Crippen molar-refractivity contribution in [2.24, 2.45) is 5.73 Å². The molecule has 1 aromatic carbocycles.